The van der Waals surface area contributed by atoms with Crippen molar-refractivity contribution in [3.05, 3.63) is 0 Å². The third-order valence-corrected chi connectivity index (χ3v) is 5.70. The number of hydrogen-bond donors (Lipinski definition) is 1. The zero-order valence-corrected chi connectivity index (χ0v) is 12.7. The molecule has 2 aliphatic heterocycles. The molecule has 0 amide bonds. The van der Waals surface area contributed by atoms with Crippen LogP contribution in [0.1, 0.15) is 65.7 Å². The summed E-state index contributed by atoms with van der Waals surface area (Å²) in [6, 6.07) is 0. The lowest BCUT2D eigenvalue weighted by atomic mass is 9.74. The van der Waals surface area contributed by atoms with Gasteiger partial charge in [0.05, 0.1) is 0 Å². The summed E-state index contributed by atoms with van der Waals surface area (Å²) in [5.74, 6) is 0. The van der Waals surface area contributed by atoms with Crippen molar-refractivity contribution in [1.82, 2.24) is 10.2 Å². The van der Waals surface area contributed by atoms with E-state index in [9.17, 15) is 0 Å². The van der Waals surface area contributed by atoms with Crippen molar-refractivity contribution in [3.63, 3.8) is 0 Å². The van der Waals surface area contributed by atoms with Gasteiger partial charge in [-0.05, 0) is 57.7 Å². The van der Waals surface area contributed by atoms with Crippen LogP contribution in [0.25, 0.3) is 0 Å². The Bertz CT molecular complexity index is 242. The van der Waals surface area contributed by atoms with Crippen LogP contribution in [0.2, 0.25) is 0 Å². The van der Waals surface area contributed by atoms with Gasteiger partial charge in [0, 0.05) is 12.1 Å². The molecule has 106 valence electrons. The largest absolute Gasteiger partial charge is 0.310 e. The van der Waals surface area contributed by atoms with Crippen molar-refractivity contribution in [2.24, 2.45) is 5.41 Å². The lowest BCUT2D eigenvalue weighted by Gasteiger charge is -2.45. The average molecular weight is 252 g/mol. The minimum absolute atomic E-state index is 0.386. The fourth-order valence-electron chi connectivity index (χ4n) is 3.89. The Morgan fingerprint density at radius 3 is 2.17 bits per heavy atom. The van der Waals surface area contributed by atoms with Gasteiger partial charge >= 0.3 is 0 Å². The highest BCUT2D eigenvalue weighted by atomic mass is 15.2. The molecule has 2 heteroatoms. The van der Waals surface area contributed by atoms with Crippen molar-refractivity contribution in [2.45, 2.75) is 71.3 Å². The predicted octanol–water partition coefficient (Wildman–Crippen LogP) is 3.42. The number of nitrogens with one attached hydrogen (secondary N) is 1. The molecule has 0 bridgehead atoms. The molecule has 1 unspecified atom stereocenters. The third kappa shape index (κ3) is 3.27. The minimum atomic E-state index is 0.386. The van der Waals surface area contributed by atoms with E-state index in [0.717, 1.165) is 0 Å². The first-order chi connectivity index (χ1) is 8.61. The summed E-state index contributed by atoms with van der Waals surface area (Å²) in [7, 11) is 0. The van der Waals surface area contributed by atoms with Crippen LogP contribution in [0.15, 0.2) is 0 Å². The molecule has 2 heterocycles. The van der Waals surface area contributed by atoms with Crippen molar-refractivity contribution in [3.8, 4) is 0 Å². The number of nitrogens with zero attached hydrogens (tertiary/aromatic N) is 1. The fraction of sp³-hybridized carbons (Fsp3) is 1.00. The Morgan fingerprint density at radius 1 is 1.00 bits per heavy atom. The van der Waals surface area contributed by atoms with Crippen molar-refractivity contribution in [2.75, 3.05) is 26.2 Å². The Labute approximate surface area is 114 Å². The lowest BCUT2D eigenvalue weighted by molar-refractivity contribution is 0.0690. The summed E-state index contributed by atoms with van der Waals surface area (Å²) in [5, 5.41) is 3.75. The van der Waals surface area contributed by atoms with Crippen LogP contribution in [0.3, 0.4) is 0 Å². The van der Waals surface area contributed by atoms with Crippen LogP contribution in [-0.4, -0.2) is 36.6 Å². The molecule has 1 atom stereocenters. The first kappa shape index (κ1) is 14.3. The molecule has 0 saturated carbocycles. The van der Waals surface area contributed by atoms with Gasteiger partial charge in [0.2, 0.25) is 0 Å². The summed E-state index contributed by atoms with van der Waals surface area (Å²) in [5.41, 5.74) is 1.05. The Kier molecular flexibility index (Phi) is 4.71. The SMILES string of the molecule is CCC1(CC)CCN(CC2(C)CCCCN2)CC1. The summed E-state index contributed by atoms with van der Waals surface area (Å²) in [6.45, 7) is 12.3. The molecule has 0 radical (unpaired) electrons. The van der Waals surface area contributed by atoms with E-state index in [1.165, 1.54) is 71.1 Å². The fourth-order valence-corrected chi connectivity index (χ4v) is 3.89. The van der Waals surface area contributed by atoms with Crippen LogP contribution < -0.4 is 5.32 Å². The highest BCUT2D eigenvalue weighted by Crippen LogP contribution is 2.38. The van der Waals surface area contributed by atoms with Gasteiger partial charge in [-0.15, -0.1) is 0 Å². The van der Waals surface area contributed by atoms with E-state index >= 15 is 0 Å². The van der Waals surface area contributed by atoms with Crippen molar-refractivity contribution >= 4 is 0 Å². The first-order valence-electron chi connectivity index (χ1n) is 8.09. The van der Waals surface area contributed by atoms with E-state index in [1.807, 2.05) is 0 Å². The van der Waals surface area contributed by atoms with Gasteiger partial charge < -0.3 is 10.2 Å². The van der Waals surface area contributed by atoms with Gasteiger partial charge in [0.25, 0.3) is 0 Å². The van der Waals surface area contributed by atoms with Gasteiger partial charge in [-0.2, -0.15) is 0 Å². The molecule has 0 aromatic carbocycles. The second-order valence-electron chi connectivity index (χ2n) is 6.93. The molecule has 2 nitrogen and oxygen atoms in total. The minimum Gasteiger partial charge on any atom is -0.310 e. The number of hydrogen-bond acceptors (Lipinski definition) is 2. The van der Waals surface area contributed by atoms with Crippen molar-refractivity contribution < 1.29 is 0 Å². The van der Waals surface area contributed by atoms with Crippen LogP contribution in [0.5, 0.6) is 0 Å². The molecule has 18 heavy (non-hydrogen) atoms. The number of likely N-dealkylation sites (tertiary alicyclic amines) is 1. The summed E-state index contributed by atoms with van der Waals surface area (Å²) in [4.78, 5) is 2.71. The van der Waals surface area contributed by atoms with E-state index in [2.05, 4.69) is 31.0 Å². The Morgan fingerprint density at radius 2 is 1.67 bits per heavy atom. The molecule has 2 aliphatic rings. The third-order valence-electron chi connectivity index (χ3n) is 5.70. The molecular weight excluding hydrogens is 220 g/mol. The summed E-state index contributed by atoms with van der Waals surface area (Å²) >= 11 is 0. The number of rotatable bonds is 4. The molecular formula is C16H32N2. The zero-order chi connectivity index (χ0) is 13.1. The molecule has 0 aromatic heterocycles. The Hall–Kier alpha value is -0.0800. The maximum Gasteiger partial charge on any atom is 0.0280 e. The standard InChI is InChI=1S/C16H32N2/c1-4-16(5-2)9-12-18(13-10-16)14-15(3)8-6-7-11-17-15/h17H,4-14H2,1-3H3. The smallest absolute Gasteiger partial charge is 0.0280 e. The van der Waals surface area contributed by atoms with Crippen molar-refractivity contribution in [1.29, 1.82) is 0 Å². The van der Waals surface area contributed by atoms with E-state index in [4.69, 9.17) is 0 Å². The van der Waals surface area contributed by atoms with Gasteiger partial charge in [-0.25, -0.2) is 0 Å². The quantitative estimate of drug-likeness (QED) is 0.825. The normalized spacial score (nSPS) is 33.5. The molecule has 1 N–H and O–H groups in total. The maximum absolute atomic E-state index is 3.75. The van der Waals surface area contributed by atoms with E-state index in [0.29, 0.717) is 11.0 Å². The highest BCUT2D eigenvalue weighted by molar-refractivity contribution is 4.92. The maximum atomic E-state index is 3.75. The van der Waals surface area contributed by atoms with Crippen LogP contribution in [0.4, 0.5) is 0 Å². The molecule has 0 aromatic rings. The Balaban J connectivity index is 1.82. The molecule has 2 saturated heterocycles. The van der Waals surface area contributed by atoms with E-state index < -0.39 is 0 Å². The van der Waals surface area contributed by atoms with E-state index in [-0.39, 0.29) is 0 Å². The van der Waals surface area contributed by atoms with Gasteiger partial charge in [-0.3, -0.25) is 0 Å². The summed E-state index contributed by atoms with van der Waals surface area (Å²) in [6.07, 6.45) is 9.69. The monoisotopic (exact) mass is 252 g/mol. The van der Waals surface area contributed by atoms with Gasteiger partial charge in [-0.1, -0.05) is 33.1 Å². The molecule has 2 fully saturated rings. The number of piperidine rings is 2. The predicted molar refractivity (Wildman–Crippen MR) is 78.9 cm³/mol. The molecule has 0 aliphatic carbocycles. The topological polar surface area (TPSA) is 15.3 Å². The lowest BCUT2D eigenvalue weighted by Crippen LogP contribution is -2.55. The first-order valence-corrected chi connectivity index (χ1v) is 8.09. The van der Waals surface area contributed by atoms with E-state index in [1.54, 1.807) is 0 Å². The second-order valence-corrected chi connectivity index (χ2v) is 6.93. The average Bonchev–Trinajstić information content (AvgIpc) is 2.40. The van der Waals surface area contributed by atoms with Crippen LogP contribution in [0, 0.1) is 5.41 Å². The van der Waals surface area contributed by atoms with Gasteiger partial charge in [0.15, 0.2) is 0 Å². The van der Waals surface area contributed by atoms with Gasteiger partial charge in [0.1, 0.15) is 0 Å². The molecule has 0 spiro atoms. The zero-order valence-electron chi connectivity index (χ0n) is 12.7. The second kappa shape index (κ2) is 5.92. The summed E-state index contributed by atoms with van der Waals surface area (Å²) < 4.78 is 0. The highest BCUT2D eigenvalue weighted by Gasteiger charge is 2.34. The van der Waals surface area contributed by atoms with Crippen LogP contribution >= 0.6 is 0 Å². The van der Waals surface area contributed by atoms with Crippen LogP contribution in [-0.2, 0) is 0 Å². The molecule has 2 rings (SSSR count).